The molecule has 0 aromatic heterocycles. The Bertz CT molecular complexity index is 328. The summed E-state index contributed by atoms with van der Waals surface area (Å²) >= 11 is 0. The van der Waals surface area contributed by atoms with E-state index in [1.54, 1.807) is 0 Å². The average molecular weight is 250 g/mol. The van der Waals surface area contributed by atoms with Gasteiger partial charge in [-0.1, -0.05) is 34.6 Å². The molecule has 2 unspecified atom stereocenters. The van der Waals surface area contributed by atoms with Crippen LogP contribution in [0.2, 0.25) is 5.82 Å². The second-order valence-electron chi connectivity index (χ2n) is 7.85. The van der Waals surface area contributed by atoms with Crippen molar-refractivity contribution in [3.63, 3.8) is 0 Å². The van der Waals surface area contributed by atoms with E-state index in [0.29, 0.717) is 23.4 Å². The van der Waals surface area contributed by atoms with Crippen LogP contribution in [0.4, 0.5) is 0 Å². The average Bonchev–Trinajstić information content (AvgIpc) is 2.70. The lowest BCUT2D eigenvalue weighted by atomic mass is 9.47. The van der Waals surface area contributed by atoms with E-state index in [0.717, 1.165) is 17.8 Å². The topological polar surface area (TPSA) is 18.5 Å². The molecule has 4 rings (SSSR count). The summed E-state index contributed by atoms with van der Waals surface area (Å²) in [6.07, 6.45) is 4.55. The molecule has 0 radical (unpaired) electrons. The Balaban J connectivity index is 1.65. The van der Waals surface area contributed by atoms with Crippen LogP contribution in [0, 0.1) is 23.2 Å². The van der Waals surface area contributed by atoms with Crippen LogP contribution >= 0.6 is 0 Å². The van der Waals surface area contributed by atoms with Gasteiger partial charge >= 0.3 is 7.12 Å². The monoisotopic (exact) mass is 250 g/mol. The molecule has 0 aromatic carbocycles. The number of hydrogen-bond donors (Lipinski definition) is 0. The van der Waals surface area contributed by atoms with Crippen molar-refractivity contribution in [1.82, 2.24) is 0 Å². The summed E-state index contributed by atoms with van der Waals surface area (Å²) in [5.74, 6) is 2.85. The Kier molecular flexibility index (Phi) is 3.06. The van der Waals surface area contributed by atoms with Crippen molar-refractivity contribution in [2.75, 3.05) is 0 Å². The summed E-state index contributed by atoms with van der Waals surface area (Å²) in [6, 6.07) is 0. The van der Waals surface area contributed by atoms with Crippen LogP contribution in [0.3, 0.4) is 0 Å². The molecule has 18 heavy (non-hydrogen) atoms. The summed E-state index contributed by atoms with van der Waals surface area (Å²) in [6.45, 7) is 11.7. The van der Waals surface area contributed by atoms with E-state index >= 15 is 0 Å². The van der Waals surface area contributed by atoms with Crippen LogP contribution < -0.4 is 0 Å². The van der Waals surface area contributed by atoms with Gasteiger partial charge in [0.05, 0.1) is 12.2 Å². The van der Waals surface area contributed by atoms with Gasteiger partial charge in [-0.2, -0.15) is 0 Å². The van der Waals surface area contributed by atoms with Crippen LogP contribution in [0.1, 0.15) is 53.9 Å². The molecule has 2 nitrogen and oxygen atoms in total. The number of rotatable bonds is 3. The summed E-state index contributed by atoms with van der Waals surface area (Å²) in [5.41, 5.74) is 0.487. The second kappa shape index (κ2) is 4.24. The summed E-state index contributed by atoms with van der Waals surface area (Å²) in [4.78, 5) is 0. The predicted octanol–water partition coefficient (Wildman–Crippen LogP) is 3.76. The Morgan fingerprint density at radius 3 is 2.50 bits per heavy atom. The van der Waals surface area contributed by atoms with Crippen LogP contribution in [0.15, 0.2) is 0 Å². The highest BCUT2D eigenvalue weighted by atomic mass is 16.7. The van der Waals surface area contributed by atoms with Gasteiger partial charge in [0, 0.05) is 0 Å². The molecule has 3 heteroatoms. The molecule has 4 aliphatic rings. The molecule has 0 amide bonds. The second-order valence-corrected chi connectivity index (χ2v) is 7.85. The Labute approximate surface area is 112 Å². The van der Waals surface area contributed by atoms with E-state index in [4.69, 9.17) is 9.31 Å². The molecule has 1 saturated heterocycles. The van der Waals surface area contributed by atoms with Gasteiger partial charge in [0.25, 0.3) is 0 Å². The first-order valence-corrected chi connectivity index (χ1v) is 7.70. The van der Waals surface area contributed by atoms with Gasteiger partial charge in [0.15, 0.2) is 0 Å². The van der Waals surface area contributed by atoms with Crippen molar-refractivity contribution in [3.05, 3.63) is 0 Å². The van der Waals surface area contributed by atoms with Crippen molar-refractivity contribution in [2.24, 2.45) is 23.2 Å². The first kappa shape index (κ1) is 13.0. The van der Waals surface area contributed by atoms with E-state index < -0.39 is 0 Å². The minimum atomic E-state index is 0.0533. The molecule has 2 bridgehead atoms. The van der Waals surface area contributed by atoms with Gasteiger partial charge in [-0.3, -0.25) is 0 Å². The molecule has 1 aliphatic heterocycles. The summed E-state index contributed by atoms with van der Waals surface area (Å²) in [5, 5.41) is 0. The van der Waals surface area contributed by atoms with E-state index in [9.17, 15) is 0 Å². The lowest BCUT2D eigenvalue weighted by Crippen LogP contribution is -2.59. The van der Waals surface area contributed by atoms with Crippen LogP contribution in [0.5, 0.6) is 0 Å². The molecular formula is C15H27BO2. The molecule has 102 valence electrons. The number of hydrogen-bond acceptors (Lipinski definition) is 2. The van der Waals surface area contributed by atoms with Gasteiger partial charge in [0.1, 0.15) is 0 Å². The first-order chi connectivity index (χ1) is 8.39. The van der Waals surface area contributed by atoms with E-state index in [2.05, 4.69) is 34.6 Å². The molecule has 3 saturated carbocycles. The van der Waals surface area contributed by atoms with Gasteiger partial charge in [-0.15, -0.1) is 0 Å². The Morgan fingerprint density at radius 1 is 1.17 bits per heavy atom. The zero-order chi connectivity index (χ0) is 13.1. The van der Waals surface area contributed by atoms with Crippen LogP contribution in [-0.4, -0.2) is 19.3 Å². The maximum absolute atomic E-state index is 6.29. The maximum atomic E-state index is 6.29. The molecule has 0 N–H and O–H groups in total. The highest BCUT2D eigenvalue weighted by Crippen LogP contribution is 2.61. The highest BCUT2D eigenvalue weighted by Gasteiger charge is 2.62. The smallest absolute Gasteiger partial charge is 0.406 e. The largest absolute Gasteiger partial charge is 0.460 e. The minimum Gasteiger partial charge on any atom is -0.406 e. The van der Waals surface area contributed by atoms with Gasteiger partial charge in [-0.05, 0) is 48.2 Å². The highest BCUT2D eigenvalue weighted by molar-refractivity contribution is 6.47. The lowest BCUT2D eigenvalue weighted by molar-refractivity contribution is -0.150. The van der Waals surface area contributed by atoms with Crippen molar-refractivity contribution in [2.45, 2.75) is 71.9 Å². The third-order valence-electron chi connectivity index (χ3n) is 5.73. The van der Waals surface area contributed by atoms with Gasteiger partial charge < -0.3 is 9.31 Å². The third kappa shape index (κ3) is 1.86. The van der Waals surface area contributed by atoms with Gasteiger partial charge in [-0.25, -0.2) is 0 Å². The van der Waals surface area contributed by atoms with Crippen molar-refractivity contribution >= 4 is 7.12 Å². The molecule has 4 fully saturated rings. The minimum absolute atomic E-state index is 0.0533. The van der Waals surface area contributed by atoms with Crippen LogP contribution in [0.25, 0.3) is 0 Å². The van der Waals surface area contributed by atoms with Crippen LogP contribution in [-0.2, 0) is 9.31 Å². The van der Waals surface area contributed by atoms with E-state index in [1.807, 2.05) is 0 Å². The van der Waals surface area contributed by atoms with E-state index in [-0.39, 0.29) is 7.12 Å². The Hall–Kier alpha value is -0.0151. The summed E-state index contributed by atoms with van der Waals surface area (Å²) < 4.78 is 12.5. The zero-order valence-corrected chi connectivity index (χ0v) is 12.5. The molecule has 1 heterocycles. The quantitative estimate of drug-likeness (QED) is 0.710. The molecule has 0 spiro atoms. The SMILES string of the molecule is CC(C)C[C@H](C)B1O[C@@H]2CC3CC([C@@H]2O1)C3(C)C. The maximum Gasteiger partial charge on any atom is 0.460 e. The van der Waals surface area contributed by atoms with Gasteiger partial charge in [0.2, 0.25) is 0 Å². The van der Waals surface area contributed by atoms with Crippen molar-refractivity contribution in [1.29, 1.82) is 0 Å². The molecular weight excluding hydrogens is 223 g/mol. The lowest BCUT2D eigenvalue weighted by Gasteiger charge is -2.60. The normalized spacial score (nSPS) is 42.7. The third-order valence-corrected chi connectivity index (χ3v) is 5.73. The van der Waals surface area contributed by atoms with E-state index in [1.165, 1.54) is 19.3 Å². The summed E-state index contributed by atoms with van der Waals surface area (Å²) in [7, 11) is 0.0533. The molecule has 5 atom stereocenters. The van der Waals surface area contributed by atoms with Crippen molar-refractivity contribution in [3.8, 4) is 0 Å². The predicted molar refractivity (Wildman–Crippen MR) is 74.4 cm³/mol. The van der Waals surface area contributed by atoms with Crippen molar-refractivity contribution < 1.29 is 9.31 Å². The molecule has 3 aliphatic carbocycles. The zero-order valence-electron chi connectivity index (χ0n) is 12.5. The fourth-order valence-corrected chi connectivity index (χ4v) is 4.48. The fourth-order valence-electron chi connectivity index (χ4n) is 4.48. The first-order valence-electron chi connectivity index (χ1n) is 7.70. The Morgan fingerprint density at radius 2 is 1.89 bits per heavy atom. The standard InChI is InChI=1S/C15H27BO2/c1-9(2)6-10(3)16-17-13-8-11-7-12(14(13)18-16)15(11,4)5/h9-14H,6-8H2,1-5H3/t10-,11?,12?,13+,14-/m0/s1. The fraction of sp³-hybridized carbons (Fsp3) is 1.00. The molecule has 0 aromatic rings.